The van der Waals surface area contributed by atoms with Gasteiger partial charge in [-0.2, -0.15) is 13.2 Å². The lowest BCUT2D eigenvalue weighted by Crippen LogP contribution is -2.33. The van der Waals surface area contributed by atoms with E-state index in [1.807, 2.05) is 0 Å². The van der Waals surface area contributed by atoms with Crippen LogP contribution in [-0.2, 0) is 0 Å². The van der Waals surface area contributed by atoms with Gasteiger partial charge in [-0.1, -0.05) is 6.08 Å². The molecule has 1 fully saturated rings. The second-order valence-corrected chi connectivity index (χ2v) is 5.21. The summed E-state index contributed by atoms with van der Waals surface area (Å²) in [7, 11) is 0. The van der Waals surface area contributed by atoms with Gasteiger partial charge < -0.3 is 5.32 Å². The topological polar surface area (TPSA) is 15.3 Å². The van der Waals surface area contributed by atoms with Crippen LogP contribution < -0.4 is 5.32 Å². The van der Waals surface area contributed by atoms with Crippen LogP contribution in [0.1, 0.15) is 32.1 Å². The minimum Gasteiger partial charge on any atom is -0.314 e. The van der Waals surface area contributed by atoms with Crippen LogP contribution >= 0.6 is 0 Å². The quantitative estimate of drug-likeness (QED) is 0.784. The van der Waals surface area contributed by atoms with Gasteiger partial charge in [0.25, 0.3) is 0 Å². The zero-order valence-corrected chi connectivity index (χ0v) is 10.6. The molecule has 2 aliphatic rings. The highest BCUT2D eigenvalue weighted by Gasteiger charge is 2.34. The molecule has 2 rings (SSSR count). The Morgan fingerprint density at radius 1 is 1.39 bits per heavy atom. The zero-order valence-electron chi connectivity index (χ0n) is 10.6. The predicted octanol–water partition coefficient (Wildman–Crippen LogP) is 2.71. The number of alkyl halides is 3. The van der Waals surface area contributed by atoms with Crippen LogP contribution in [0.25, 0.3) is 0 Å². The van der Waals surface area contributed by atoms with Crippen LogP contribution in [0.4, 0.5) is 13.2 Å². The molecule has 5 heteroatoms. The van der Waals surface area contributed by atoms with E-state index in [9.17, 15) is 13.2 Å². The highest BCUT2D eigenvalue weighted by Crippen LogP contribution is 2.30. The molecule has 1 unspecified atom stereocenters. The molecule has 1 saturated heterocycles. The van der Waals surface area contributed by atoms with Crippen molar-refractivity contribution in [2.45, 2.75) is 44.3 Å². The van der Waals surface area contributed by atoms with E-state index in [-0.39, 0.29) is 12.0 Å². The molecule has 0 amide bonds. The average Bonchev–Trinajstić information content (AvgIpc) is 2.82. The van der Waals surface area contributed by atoms with Gasteiger partial charge in [0.05, 0.1) is 0 Å². The Morgan fingerprint density at radius 3 is 2.78 bits per heavy atom. The van der Waals surface area contributed by atoms with E-state index in [2.05, 4.69) is 10.2 Å². The molecule has 18 heavy (non-hydrogen) atoms. The maximum atomic E-state index is 12.4. The summed E-state index contributed by atoms with van der Waals surface area (Å²) < 4.78 is 37.3. The molecule has 0 aliphatic carbocycles. The Labute approximate surface area is 106 Å². The van der Waals surface area contributed by atoms with Crippen molar-refractivity contribution in [3.05, 3.63) is 11.6 Å². The van der Waals surface area contributed by atoms with Crippen molar-refractivity contribution in [3.63, 3.8) is 0 Å². The molecule has 0 aromatic rings. The van der Waals surface area contributed by atoms with E-state index < -0.39 is 6.18 Å². The first-order valence-corrected chi connectivity index (χ1v) is 6.77. The maximum absolute atomic E-state index is 12.4. The molecule has 0 spiro atoms. The van der Waals surface area contributed by atoms with Gasteiger partial charge in [-0.15, -0.1) is 0 Å². The van der Waals surface area contributed by atoms with Gasteiger partial charge in [0.1, 0.15) is 0 Å². The third-order valence-corrected chi connectivity index (χ3v) is 3.85. The van der Waals surface area contributed by atoms with E-state index in [1.165, 1.54) is 18.9 Å². The molecule has 1 N–H and O–H groups in total. The first-order valence-electron chi connectivity index (χ1n) is 6.77. The molecule has 0 bridgehead atoms. The summed E-state index contributed by atoms with van der Waals surface area (Å²) in [5, 5.41) is 3.44. The molecule has 0 radical (unpaired) electrons. The summed E-state index contributed by atoms with van der Waals surface area (Å²) >= 11 is 0. The number of halogens is 3. The first-order chi connectivity index (χ1) is 8.55. The molecule has 104 valence electrons. The minimum atomic E-state index is -4.13. The van der Waals surface area contributed by atoms with Gasteiger partial charge in [-0.3, -0.25) is 4.90 Å². The molecular formula is C13H21F3N2. The number of hydrogen-bond donors (Lipinski definition) is 1. The SMILES string of the molecule is FC(F)(F)C1=CCN(CCCC2CCCN2)CC1. The van der Waals surface area contributed by atoms with E-state index >= 15 is 0 Å². The third kappa shape index (κ3) is 3.99. The first kappa shape index (κ1) is 13.9. The van der Waals surface area contributed by atoms with E-state index in [0.29, 0.717) is 19.1 Å². The molecule has 0 saturated carbocycles. The zero-order chi connectivity index (χ0) is 13.0. The van der Waals surface area contributed by atoms with Gasteiger partial charge in [0, 0.05) is 24.7 Å². The predicted molar refractivity (Wildman–Crippen MR) is 65.5 cm³/mol. The third-order valence-electron chi connectivity index (χ3n) is 3.85. The van der Waals surface area contributed by atoms with Gasteiger partial charge in [-0.25, -0.2) is 0 Å². The van der Waals surface area contributed by atoms with Crippen LogP contribution in [0.15, 0.2) is 11.6 Å². The summed E-state index contributed by atoms with van der Waals surface area (Å²) in [5.74, 6) is 0. The fourth-order valence-corrected chi connectivity index (χ4v) is 2.74. The van der Waals surface area contributed by atoms with Crippen molar-refractivity contribution >= 4 is 0 Å². The van der Waals surface area contributed by atoms with Crippen molar-refractivity contribution in [1.29, 1.82) is 0 Å². The lowest BCUT2D eigenvalue weighted by Gasteiger charge is -2.27. The van der Waals surface area contributed by atoms with Crippen molar-refractivity contribution in [2.75, 3.05) is 26.2 Å². The molecular weight excluding hydrogens is 241 g/mol. The van der Waals surface area contributed by atoms with E-state index in [1.54, 1.807) is 0 Å². The van der Waals surface area contributed by atoms with Gasteiger partial charge in [0.15, 0.2) is 0 Å². The number of rotatable bonds is 4. The fraction of sp³-hybridized carbons (Fsp3) is 0.846. The summed E-state index contributed by atoms with van der Waals surface area (Å²) in [5.41, 5.74) is -0.351. The average molecular weight is 262 g/mol. The lowest BCUT2D eigenvalue weighted by atomic mass is 10.1. The largest absolute Gasteiger partial charge is 0.412 e. The van der Waals surface area contributed by atoms with Crippen LogP contribution in [0.3, 0.4) is 0 Å². The van der Waals surface area contributed by atoms with Crippen molar-refractivity contribution < 1.29 is 13.2 Å². The van der Waals surface area contributed by atoms with Gasteiger partial charge >= 0.3 is 6.18 Å². The highest BCUT2D eigenvalue weighted by atomic mass is 19.4. The standard InChI is InChI=1S/C13H21F3N2/c14-13(15,16)11-5-9-18(10-6-11)8-2-4-12-3-1-7-17-12/h5,12,17H,1-4,6-10H2. The Hall–Kier alpha value is -0.550. The monoisotopic (exact) mass is 262 g/mol. The second-order valence-electron chi connectivity index (χ2n) is 5.21. The van der Waals surface area contributed by atoms with Gasteiger partial charge in [-0.05, 0) is 45.2 Å². The Balaban J connectivity index is 1.65. The van der Waals surface area contributed by atoms with Crippen molar-refractivity contribution in [2.24, 2.45) is 0 Å². The molecule has 0 aromatic heterocycles. The Morgan fingerprint density at radius 2 is 2.22 bits per heavy atom. The normalized spacial score (nSPS) is 26.4. The van der Waals surface area contributed by atoms with Crippen LogP contribution in [-0.4, -0.2) is 43.3 Å². The van der Waals surface area contributed by atoms with Crippen molar-refractivity contribution in [3.8, 4) is 0 Å². The molecule has 0 aromatic carbocycles. The number of nitrogens with zero attached hydrogens (tertiary/aromatic N) is 1. The van der Waals surface area contributed by atoms with Crippen LogP contribution in [0.5, 0.6) is 0 Å². The molecule has 2 nitrogen and oxygen atoms in total. The Kier molecular flexibility index (Phi) is 4.67. The number of hydrogen-bond acceptors (Lipinski definition) is 2. The maximum Gasteiger partial charge on any atom is 0.412 e. The second kappa shape index (κ2) is 6.06. The van der Waals surface area contributed by atoms with E-state index in [0.717, 1.165) is 25.9 Å². The van der Waals surface area contributed by atoms with E-state index in [4.69, 9.17) is 0 Å². The molecule has 2 aliphatic heterocycles. The Bertz CT molecular complexity index is 293. The summed E-state index contributed by atoms with van der Waals surface area (Å²) in [6.45, 7) is 3.03. The summed E-state index contributed by atoms with van der Waals surface area (Å²) in [4.78, 5) is 2.12. The molecule has 2 heterocycles. The number of nitrogens with one attached hydrogen (secondary N) is 1. The smallest absolute Gasteiger partial charge is 0.314 e. The minimum absolute atomic E-state index is 0.144. The van der Waals surface area contributed by atoms with Gasteiger partial charge in [0.2, 0.25) is 0 Å². The van der Waals surface area contributed by atoms with Crippen LogP contribution in [0.2, 0.25) is 0 Å². The van der Waals surface area contributed by atoms with Crippen LogP contribution in [0, 0.1) is 0 Å². The lowest BCUT2D eigenvalue weighted by molar-refractivity contribution is -0.0960. The summed E-state index contributed by atoms with van der Waals surface area (Å²) in [6, 6.07) is 0.635. The highest BCUT2D eigenvalue weighted by molar-refractivity contribution is 5.12. The fourth-order valence-electron chi connectivity index (χ4n) is 2.74. The molecule has 1 atom stereocenters. The summed E-state index contributed by atoms with van der Waals surface area (Å²) in [6.07, 6.45) is 2.09. The van der Waals surface area contributed by atoms with Crippen molar-refractivity contribution in [1.82, 2.24) is 10.2 Å².